The van der Waals surface area contributed by atoms with E-state index in [0.717, 1.165) is 42.1 Å². The van der Waals surface area contributed by atoms with Crippen molar-refractivity contribution in [1.82, 2.24) is 14.9 Å². The average Bonchev–Trinajstić information content (AvgIpc) is 3.25. The van der Waals surface area contributed by atoms with Gasteiger partial charge in [-0.1, -0.05) is 12.1 Å². The molecule has 1 fully saturated rings. The maximum Gasteiger partial charge on any atom is 0.222 e. The number of aryl methyl sites for hydroxylation is 1. The van der Waals surface area contributed by atoms with Crippen molar-refractivity contribution in [3.8, 4) is 0 Å². The molecule has 1 saturated heterocycles. The quantitative estimate of drug-likeness (QED) is 0.776. The van der Waals surface area contributed by atoms with Crippen LogP contribution in [-0.2, 0) is 11.2 Å². The number of amides is 1. The van der Waals surface area contributed by atoms with Gasteiger partial charge < -0.3 is 15.1 Å². The maximum absolute atomic E-state index is 12.5. The van der Waals surface area contributed by atoms with Gasteiger partial charge in [-0.2, -0.15) is 0 Å². The predicted octanol–water partition coefficient (Wildman–Crippen LogP) is 3.21. The molecule has 0 aliphatic carbocycles. The summed E-state index contributed by atoms with van der Waals surface area (Å²) in [6, 6.07) is 7.78. The minimum absolute atomic E-state index is 0.160. The molecule has 3 heterocycles. The van der Waals surface area contributed by atoms with E-state index < -0.39 is 0 Å². The molecule has 3 aromatic rings. The third-order valence-electron chi connectivity index (χ3n) is 4.60. The summed E-state index contributed by atoms with van der Waals surface area (Å²) < 4.78 is 5.90. The van der Waals surface area contributed by atoms with Gasteiger partial charge in [-0.15, -0.1) is 11.3 Å². The lowest BCUT2D eigenvalue weighted by Crippen LogP contribution is -2.39. The summed E-state index contributed by atoms with van der Waals surface area (Å²) in [6.07, 6.45) is 3.07. The van der Waals surface area contributed by atoms with Crippen molar-refractivity contribution in [2.24, 2.45) is 0 Å². The average molecular weight is 356 g/mol. The molecular formula is C18H20N4O2S. The van der Waals surface area contributed by atoms with Crippen LogP contribution in [0, 0.1) is 0 Å². The van der Waals surface area contributed by atoms with Crippen molar-refractivity contribution < 1.29 is 9.21 Å². The number of aromatic nitrogens is 2. The summed E-state index contributed by atoms with van der Waals surface area (Å²) in [5.74, 6) is 1.07. The largest absolute Gasteiger partial charge is 0.440 e. The molecular weight excluding hydrogens is 336 g/mol. The number of fused-ring (bicyclic) bond motifs is 1. The highest BCUT2D eigenvalue weighted by molar-refractivity contribution is 7.13. The SMILES string of the molecule is Nc1nc(CCC(=O)N2CCC[C@@H](c3nc4ccccc4o3)C2)cs1. The summed E-state index contributed by atoms with van der Waals surface area (Å²) in [5.41, 5.74) is 8.21. The highest BCUT2D eigenvalue weighted by atomic mass is 32.1. The lowest BCUT2D eigenvalue weighted by atomic mass is 9.97. The Hall–Kier alpha value is -2.41. The summed E-state index contributed by atoms with van der Waals surface area (Å²) in [6.45, 7) is 1.47. The molecule has 4 rings (SSSR count). The normalized spacial score (nSPS) is 17.9. The molecule has 0 saturated carbocycles. The zero-order chi connectivity index (χ0) is 17.2. The Morgan fingerprint density at radius 3 is 3.04 bits per heavy atom. The van der Waals surface area contributed by atoms with Crippen LogP contribution in [0.15, 0.2) is 34.1 Å². The van der Waals surface area contributed by atoms with Crippen LogP contribution in [0.1, 0.15) is 36.8 Å². The molecule has 7 heteroatoms. The van der Waals surface area contributed by atoms with Crippen molar-refractivity contribution in [2.75, 3.05) is 18.8 Å². The van der Waals surface area contributed by atoms with E-state index in [4.69, 9.17) is 10.2 Å². The Kier molecular flexibility index (Phi) is 4.40. The van der Waals surface area contributed by atoms with E-state index in [2.05, 4.69) is 9.97 Å². The second kappa shape index (κ2) is 6.84. The highest BCUT2D eigenvalue weighted by Crippen LogP contribution is 2.29. The van der Waals surface area contributed by atoms with E-state index >= 15 is 0 Å². The van der Waals surface area contributed by atoms with Crippen LogP contribution in [0.25, 0.3) is 11.1 Å². The summed E-state index contributed by atoms with van der Waals surface area (Å²) in [7, 11) is 0. The molecule has 2 N–H and O–H groups in total. The first-order chi connectivity index (χ1) is 12.2. The van der Waals surface area contributed by atoms with Gasteiger partial charge >= 0.3 is 0 Å². The molecule has 1 atom stereocenters. The number of benzene rings is 1. The number of nitrogens with two attached hydrogens (primary N) is 1. The number of rotatable bonds is 4. The van der Waals surface area contributed by atoms with E-state index in [-0.39, 0.29) is 11.8 Å². The van der Waals surface area contributed by atoms with Crippen LogP contribution in [0.4, 0.5) is 5.13 Å². The monoisotopic (exact) mass is 356 g/mol. The van der Waals surface area contributed by atoms with E-state index in [1.807, 2.05) is 34.5 Å². The number of carbonyl (C=O) groups excluding carboxylic acids is 1. The number of hydrogen-bond acceptors (Lipinski definition) is 6. The fourth-order valence-corrected chi connectivity index (χ4v) is 3.90. The molecule has 1 aliphatic rings. The number of hydrogen-bond donors (Lipinski definition) is 1. The first-order valence-corrected chi connectivity index (χ1v) is 9.40. The van der Waals surface area contributed by atoms with Crippen molar-refractivity contribution in [3.05, 3.63) is 41.2 Å². The lowest BCUT2D eigenvalue weighted by Gasteiger charge is -2.31. The van der Waals surface area contributed by atoms with Gasteiger partial charge in [0.05, 0.1) is 11.6 Å². The summed E-state index contributed by atoms with van der Waals surface area (Å²) in [4.78, 5) is 23.3. The van der Waals surface area contributed by atoms with Gasteiger partial charge in [0.15, 0.2) is 16.6 Å². The number of anilines is 1. The Labute approximate surface area is 149 Å². The van der Waals surface area contributed by atoms with Crippen LogP contribution in [0.5, 0.6) is 0 Å². The third kappa shape index (κ3) is 3.51. The van der Waals surface area contributed by atoms with Crippen molar-refractivity contribution in [1.29, 1.82) is 0 Å². The zero-order valence-corrected chi connectivity index (χ0v) is 14.7. The van der Waals surface area contributed by atoms with E-state index in [0.29, 0.717) is 24.5 Å². The maximum atomic E-state index is 12.5. The Morgan fingerprint density at radius 2 is 2.24 bits per heavy atom. The van der Waals surface area contributed by atoms with E-state index in [1.54, 1.807) is 0 Å². The number of thiazole rings is 1. The van der Waals surface area contributed by atoms with Crippen molar-refractivity contribution in [2.45, 2.75) is 31.6 Å². The second-order valence-electron chi connectivity index (χ2n) is 6.38. The molecule has 25 heavy (non-hydrogen) atoms. The van der Waals surface area contributed by atoms with Crippen LogP contribution in [-0.4, -0.2) is 33.9 Å². The third-order valence-corrected chi connectivity index (χ3v) is 5.32. The summed E-state index contributed by atoms with van der Waals surface area (Å²) in [5, 5.41) is 2.47. The Balaban J connectivity index is 1.40. The van der Waals surface area contributed by atoms with Gasteiger partial charge in [0.1, 0.15) is 5.52 Å². The number of likely N-dealkylation sites (tertiary alicyclic amines) is 1. The second-order valence-corrected chi connectivity index (χ2v) is 7.27. The van der Waals surface area contributed by atoms with Crippen molar-refractivity contribution >= 4 is 33.5 Å². The molecule has 6 nitrogen and oxygen atoms in total. The number of para-hydroxylation sites is 2. The molecule has 2 aromatic heterocycles. The number of carbonyl (C=O) groups is 1. The van der Waals surface area contributed by atoms with Crippen molar-refractivity contribution in [3.63, 3.8) is 0 Å². The molecule has 0 radical (unpaired) electrons. The number of nitrogens with zero attached hydrogens (tertiary/aromatic N) is 3. The fraction of sp³-hybridized carbons (Fsp3) is 0.389. The number of nitrogen functional groups attached to an aromatic ring is 1. The predicted molar refractivity (Wildman–Crippen MR) is 97.4 cm³/mol. The van der Waals surface area contributed by atoms with E-state index in [9.17, 15) is 4.79 Å². The standard InChI is InChI=1S/C18H20N4O2S/c19-18-20-13(11-25-18)7-8-16(23)22-9-3-4-12(10-22)17-21-14-5-1-2-6-15(14)24-17/h1-2,5-6,11-12H,3-4,7-10H2,(H2,19,20)/t12-/m1/s1. The molecule has 0 unspecified atom stereocenters. The van der Waals surface area contributed by atoms with Crippen LogP contribution in [0.2, 0.25) is 0 Å². The topological polar surface area (TPSA) is 85.2 Å². The van der Waals surface area contributed by atoms with Crippen LogP contribution >= 0.6 is 11.3 Å². The van der Waals surface area contributed by atoms with Crippen LogP contribution in [0.3, 0.4) is 0 Å². The number of piperidine rings is 1. The summed E-state index contributed by atoms with van der Waals surface area (Å²) >= 11 is 1.41. The molecule has 1 amide bonds. The molecule has 1 aromatic carbocycles. The van der Waals surface area contributed by atoms with Gasteiger partial charge in [-0.05, 0) is 31.4 Å². The smallest absolute Gasteiger partial charge is 0.222 e. The molecule has 0 bridgehead atoms. The van der Waals surface area contributed by atoms with Crippen LogP contribution < -0.4 is 5.73 Å². The minimum atomic E-state index is 0.160. The lowest BCUT2D eigenvalue weighted by molar-refractivity contribution is -0.132. The number of oxazole rings is 1. The van der Waals surface area contributed by atoms with Gasteiger partial charge in [-0.3, -0.25) is 4.79 Å². The minimum Gasteiger partial charge on any atom is -0.440 e. The van der Waals surface area contributed by atoms with E-state index in [1.165, 1.54) is 11.3 Å². The Morgan fingerprint density at radius 1 is 1.36 bits per heavy atom. The highest BCUT2D eigenvalue weighted by Gasteiger charge is 2.27. The van der Waals surface area contributed by atoms with Gasteiger partial charge in [-0.25, -0.2) is 9.97 Å². The molecule has 0 spiro atoms. The molecule has 130 valence electrons. The fourth-order valence-electron chi connectivity index (χ4n) is 3.30. The van der Waals surface area contributed by atoms with Gasteiger partial charge in [0.25, 0.3) is 0 Å². The first-order valence-electron chi connectivity index (χ1n) is 8.52. The first kappa shape index (κ1) is 16.1. The van der Waals surface area contributed by atoms with Gasteiger partial charge in [0.2, 0.25) is 5.91 Å². The van der Waals surface area contributed by atoms with Gasteiger partial charge in [0, 0.05) is 24.9 Å². The molecule has 1 aliphatic heterocycles. The zero-order valence-electron chi connectivity index (χ0n) is 13.9. The Bertz CT molecular complexity index is 855.